The lowest BCUT2D eigenvalue weighted by molar-refractivity contribution is 0.331. The first kappa shape index (κ1) is 10.7. The predicted molar refractivity (Wildman–Crippen MR) is 63.9 cm³/mol. The van der Waals surface area contributed by atoms with E-state index in [1.165, 1.54) is 31.6 Å². The largest absolute Gasteiger partial charge is 0.330 e. The van der Waals surface area contributed by atoms with Crippen molar-refractivity contribution >= 4 is 0 Å². The third-order valence-corrected chi connectivity index (χ3v) is 3.22. The van der Waals surface area contributed by atoms with Crippen LogP contribution >= 0.6 is 0 Å². The van der Waals surface area contributed by atoms with Crippen molar-refractivity contribution in [3.63, 3.8) is 0 Å². The molecule has 82 valence electrons. The Balaban J connectivity index is 1.87. The van der Waals surface area contributed by atoms with Gasteiger partial charge in [0.05, 0.1) is 0 Å². The molecule has 1 atom stereocenters. The monoisotopic (exact) mass is 204 g/mol. The molecule has 0 saturated carbocycles. The molecule has 1 fully saturated rings. The summed E-state index contributed by atoms with van der Waals surface area (Å²) in [5.41, 5.74) is 7.02. The second kappa shape index (κ2) is 5.29. The Morgan fingerprint density at radius 1 is 1.27 bits per heavy atom. The molecule has 0 aromatic heterocycles. The van der Waals surface area contributed by atoms with Crippen LogP contribution in [-0.2, 0) is 0 Å². The summed E-state index contributed by atoms with van der Waals surface area (Å²) in [5, 5.41) is 0. The van der Waals surface area contributed by atoms with Gasteiger partial charge in [-0.05, 0) is 44.0 Å². The van der Waals surface area contributed by atoms with Gasteiger partial charge in [0.1, 0.15) is 0 Å². The quantitative estimate of drug-likeness (QED) is 0.810. The van der Waals surface area contributed by atoms with E-state index in [0.717, 1.165) is 18.9 Å². The van der Waals surface area contributed by atoms with Gasteiger partial charge in [-0.1, -0.05) is 30.3 Å². The highest BCUT2D eigenvalue weighted by molar-refractivity contribution is 5.20. The summed E-state index contributed by atoms with van der Waals surface area (Å²) in [4.78, 5) is 2.53. The van der Waals surface area contributed by atoms with Crippen molar-refractivity contribution in [2.24, 2.45) is 5.73 Å². The topological polar surface area (TPSA) is 29.3 Å². The molecular formula is C13H20N2. The van der Waals surface area contributed by atoms with Gasteiger partial charge in [-0.25, -0.2) is 0 Å². The standard InChI is InChI=1S/C13H20N2/c14-8-4-9-15-10-7-13(11-15)12-5-2-1-3-6-12/h1-3,5-6,13H,4,7-11,14H2. The molecule has 2 heteroatoms. The van der Waals surface area contributed by atoms with E-state index in [2.05, 4.69) is 35.2 Å². The summed E-state index contributed by atoms with van der Waals surface area (Å²) in [6, 6.07) is 10.9. The van der Waals surface area contributed by atoms with Crippen LogP contribution in [0.3, 0.4) is 0 Å². The van der Waals surface area contributed by atoms with Crippen LogP contribution in [-0.4, -0.2) is 31.1 Å². The molecule has 0 bridgehead atoms. The van der Waals surface area contributed by atoms with E-state index in [0.29, 0.717) is 0 Å². The van der Waals surface area contributed by atoms with E-state index in [-0.39, 0.29) is 0 Å². The fourth-order valence-electron chi connectivity index (χ4n) is 2.35. The molecule has 2 nitrogen and oxygen atoms in total. The van der Waals surface area contributed by atoms with Gasteiger partial charge in [-0.15, -0.1) is 0 Å². The fourth-order valence-corrected chi connectivity index (χ4v) is 2.35. The number of nitrogens with two attached hydrogens (primary N) is 1. The number of rotatable bonds is 4. The first-order valence-electron chi connectivity index (χ1n) is 5.87. The van der Waals surface area contributed by atoms with E-state index in [4.69, 9.17) is 5.73 Å². The molecule has 0 radical (unpaired) electrons. The lowest BCUT2D eigenvalue weighted by Crippen LogP contribution is -2.23. The minimum atomic E-state index is 0.740. The molecule has 2 rings (SSSR count). The molecule has 1 aromatic rings. The van der Waals surface area contributed by atoms with Crippen LogP contribution in [0.2, 0.25) is 0 Å². The molecule has 2 N–H and O–H groups in total. The van der Waals surface area contributed by atoms with Gasteiger partial charge in [-0.3, -0.25) is 0 Å². The van der Waals surface area contributed by atoms with Crippen LogP contribution in [0.4, 0.5) is 0 Å². The van der Waals surface area contributed by atoms with Crippen molar-refractivity contribution in [1.29, 1.82) is 0 Å². The third kappa shape index (κ3) is 2.80. The van der Waals surface area contributed by atoms with E-state index < -0.39 is 0 Å². The Hall–Kier alpha value is -0.860. The SMILES string of the molecule is NCCCN1CCC(c2ccccc2)C1. The van der Waals surface area contributed by atoms with Gasteiger partial charge >= 0.3 is 0 Å². The maximum Gasteiger partial charge on any atom is 0.00508 e. The molecule has 1 aromatic carbocycles. The number of hydrogen-bond acceptors (Lipinski definition) is 2. The molecule has 1 heterocycles. The molecule has 0 amide bonds. The number of nitrogens with zero attached hydrogens (tertiary/aromatic N) is 1. The van der Waals surface area contributed by atoms with Crippen molar-refractivity contribution in [3.8, 4) is 0 Å². The maximum atomic E-state index is 5.53. The van der Waals surface area contributed by atoms with Crippen LogP contribution in [0.15, 0.2) is 30.3 Å². The minimum absolute atomic E-state index is 0.740. The summed E-state index contributed by atoms with van der Waals surface area (Å²) in [6.45, 7) is 4.43. The van der Waals surface area contributed by atoms with Crippen molar-refractivity contribution in [3.05, 3.63) is 35.9 Å². The summed E-state index contributed by atoms with van der Waals surface area (Å²) in [5.74, 6) is 0.740. The van der Waals surface area contributed by atoms with Crippen LogP contribution in [0.25, 0.3) is 0 Å². The zero-order valence-corrected chi connectivity index (χ0v) is 9.23. The first-order chi connectivity index (χ1) is 7.40. The first-order valence-corrected chi connectivity index (χ1v) is 5.87. The van der Waals surface area contributed by atoms with E-state index >= 15 is 0 Å². The average molecular weight is 204 g/mol. The highest BCUT2D eigenvalue weighted by Crippen LogP contribution is 2.26. The van der Waals surface area contributed by atoms with Gasteiger partial charge in [0.2, 0.25) is 0 Å². The maximum absolute atomic E-state index is 5.53. The second-order valence-electron chi connectivity index (χ2n) is 4.34. The van der Waals surface area contributed by atoms with Crippen molar-refractivity contribution in [2.75, 3.05) is 26.2 Å². The summed E-state index contributed by atoms with van der Waals surface area (Å²) < 4.78 is 0. The molecule has 1 saturated heterocycles. The zero-order chi connectivity index (χ0) is 10.5. The van der Waals surface area contributed by atoms with E-state index in [9.17, 15) is 0 Å². The molecule has 1 aliphatic rings. The highest BCUT2D eigenvalue weighted by atomic mass is 15.1. The van der Waals surface area contributed by atoms with Crippen molar-refractivity contribution < 1.29 is 0 Å². The Bertz CT molecular complexity index is 284. The van der Waals surface area contributed by atoms with Crippen LogP contribution < -0.4 is 5.73 Å². The molecule has 1 aliphatic heterocycles. The second-order valence-corrected chi connectivity index (χ2v) is 4.34. The molecular weight excluding hydrogens is 184 g/mol. The Morgan fingerprint density at radius 3 is 2.80 bits per heavy atom. The lowest BCUT2D eigenvalue weighted by Gasteiger charge is -2.15. The summed E-state index contributed by atoms with van der Waals surface area (Å²) in [6.07, 6.45) is 2.43. The van der Waals surface area contributed by atoms with Gasteiger partial charge < -0.3 is 10.6 Å². The van der Waals surface area contributed by atoms with Gasteiger partial charge in [0, 0.05) is 6.54 Å². The van der Waals surface area contributed by atoms with Gasteiger partial charge in [0.25, 0.3) is 0 Å². The van der Waals surface area contributed by atoms with Crippen LogP contribution in [0.1, 0.15) is 24.3 Å². The molecule has 15 heavy (non-hydrogen) atoms. The van der Waals surface area contributed by atoms with Crippen molar-refractivity contribution in [2.45, 2.75) is 18.8 Å². The van der Waals surface area contributed by atoms with Crippen LogP contribution in [0.5, 0.6) is 0 Å². The van der Waals surface area contributed by atoms with Gasteiger partial charge in [0.15, 0.2) is 0 Å². The molecule has 0 spiro atoms. The normalized spacial score (nSPS) is 22.1. The summed E-state index contributed by atoms with van der Waals surface area (Å²) in [7, 11) is 0. The Kier molecular flexibility index (Phi) is 3.75. The highest BCUT2D eigenvalue weighted by Gasteiger charge is 2.22. The van der Waals surface area contributed by atoms with Crippen molar-refractivity contribution in [1.82, 2.24) is 4.90 Å². The predicted octanol–water partition coefficient (Wildman–Crippen LogP) is 1.82. The third-order valence-electron chi connectivity index (χ3n) is 3.22. The minimum Gasteiger partial charge on any atom is -0.330 e. The van der Waals surface area contributed by atoms with Gasteiger partial charge in [-0.2, -0.15) is 0 Å². The lowest BCUT2D eigenvalue weighted by atomic mass is 9.99. The molecule has 0 aliphatic carbocycles. The zero-order valence-electron chi connectivity index (χ0n) is 9.23. The van der Waals surface area contributed by atoms with E-state index in [1.807, 2.05) is 0 Å². The van der Waals surface area contributed by atoms with Crippen LogP contribution in [0, 0.1) is 0 Å². The number of benzene rings is 1. The average Bonchev–Trinajstić information content (AvgIpc) is 2.76. The van der Waals surface area contributed by atoms with E-state index in [1.54, 1.807) is 0 Å². The molecule has 1 unspecified atom stereocenters. The Morgan fingerprint density at radius 2 is 2.07 bits per heavy atom. The number of likely N-dealkylation sites (tertiary alicyclic amines) is 1. The smallest absolute Gasteiger partial charge is 0.00508 e. The number of hydrogen-bond donors (Lipinski definition) is 1. The Labute approximate surface area is 92.1 Å². The fraction of sp³-hybridized carbons (Fsp3) is 0.538. The summed E-state index contributed by atoms with van der Waals surface area (Å²) >= 11 is 0.